The average molecular weight is 294 g/mol. The molecule has 0 aliphatic carbocycles. The Morgan fingerprint density at radius 2 is 2.14 bits per heavy atom. The van der Waals surface area contributed by atoms with Crippen LogP contribution in [0.5, 0.6) is 0 Å². The van der Waals surface area contributed by atoms with Crippen LogP contribution in [-0.2, 0) is 6.54 Å². The molecule has 0 amide bonds. The summed E-state index contributed by atoms with van der Waals surface area (Å²) in [5.74, 6) is 0.0992. The number of aliphatic hydroxyl groups is 1. The molecule has 2 N–H and O–H groups in total. The number of halogens is 1. The first-order valence-corrected chi connectivity index (χ1v) is 7.78. The second-order valence-electron chi connectivity index (χ2n) is 7.03. The van der Waals surface area contributed by atoms with Crippen LogP contribution in [0.2, 0.25) is 0 Å². The maximum atomic E-state index is 14.4. The highest BCUT2D eigenvalue weighted by molar-refractivity contribution is 5.49. The highest BCUT2D eigenvalue weighted by atomic mass is 19.1. The SMILES string of the molecule is CC(C)(C)NCc1ccc(N2CCCC(CO)C2)c(F)c1. The fraction of sp³-hybridized carbons (Fsp3) is 0.647. The van der Waals surface area contributed by atoms with Crippen LogP contribution in [-0.4, -0.2) is 30.3 Å². The molecule has 4 heteroatoms. The number of rotatable bonds is 4. The Hall–Kier alpha value is -1.13. The van der Waals surface area contributed by atoms with Gasteiger partial charge < -0.3 is 15.3 Å². The van der Waals surface area contributed by atoms with Gasteiger partial charge in [-0.05, 0) is 57.2 Å². The number of piperidine rings is 1. The lowest BCUT2D eigenvalue weighted by Gasteiger charge is -2.34. The number of nitrogens with zero attached hydrogens (tertiary/aromatic N) is 1. The van der Waals surface area contributed by atoms with Gasteiger partial charge in [-0.2, -0.15) is 0 Å². The molecule has 0 bridgehead atoms. The predicted octanol–water partition coefficient (Wildman–Crippen LogP) is 2.92. The Morgan fingerprint density at radius 1 is 1.38 bits per heavy atom. The molecular formula is C17H27FN2O. The summed E-state index contributed by atoms with van der Waals surface area (Å²) < 4.78 is 14.4. The van der Waals surface area contributed by atoms with E-state index < -0.39 is 0 Å². The maximum absolute atomic E-state index is 14.4. The van der Waals surface area contributed by atoms with Crippen molar-refractivity contribution in [1.29, 1.82) is 0 Å². The summed E-state index contributed by atoms with van der Waals surface area (Å²) in [4.78, 5) is 2.06. The van der Waals surface area contributed by atoms with Crippen LogP contribution >= 0.6 is 0 Å². The summed E-state index contributed by atoms with van der Waals surface area (Å²) in [6.07, 6.45) is 2.04. The van der Waals surface area contributed by atoms with Crippen molar-refractivity contribution in [3.63, 3.8) is 0 Å². The lowest BCUT2D eigenvalue weighted by atomic mass is 9.98. The third-order valence-electron chi connectivity index (χ3n) is 3.95. The first-order chi connectivity index (χ1) is 9.89. The zero-order chi connectivity index (χ0) is 15.5. The third-order valence-corrected chi connectivity index (χ3v) is 3.95. The average Bonchev–Trinajstić information content (AvgIpc) is 2.44. The smallest absolute Gasteiger partial charge is 0.146 e. The van der Waals surface area contributed by atoms with E-state index in [1.807, 2.05) is 12.1 Å². The van der Waals surface area contributed by atoms with Crippen LogP contribution in [0.25, 0.3) is 0 Å². The molecule has 0 radical (unpaired) electrons. The molecule has 2 rings (SSSR count). The second kappa shape index (κ2) is 6.75. The molecule has 0 aromatic heterocycles. The van der Waals surface area contributed by atoms with Crippen molar-refractivity contribution in [2.75, 3.05) is 24.6 Å². The van der Waals surface area contributed by atoms with E-state index in [1.54, 1.807) is 6.07 Å². The molecule has 1 aliphatic heterocycles. The van der Waals surface area contributed by atoms with Gasteiger partial charge in [0, 0.05) is 31.8 Å². The van der Waals surface area contributed by atoms with Crippen molar-refractivity contribution < 1.29 is 9.50 Å². The van der Waals surface area contributed by atoms with E-state index >= 15 is 0 Å². The van der Waals surface area contributed by atoms with Gasteiger partial charge in [0.15, 0.2) is 0 Å². The maximum Gasteiger partial charge on any atom is 0.146 e. The molecule has 1 unspecified atom stereocenters. The Labute approximate surface area is 127 Å². The molecule has 1 saturated heterocycles. The van der Waals surface area contributed by atoms with Gasteiger partial charge in [-0.15, -0.1) is 0 Å². The van der Waals surface area contributed by atoms with Gasteiger partial charge in [0.2, 0.25) is 0 Å². The molecule has 1 aromatic rings. The minimum Gasteiger partial charge on any atom is -0.396 e. The van der Waals surface area contributed by atoms with Gasteiger partial charge in [-0.1, -0.05) is 6.07 Å². The van der Waals surface area contributed by atoms with Gasteiger partial charge in [-0.3, -0.25) is 0 Å². The first-order valence-electron chi connectivity index (χ1n) is 7.78. The fourth-order valence-corrected chi connectivity index (χ4v) is 2.72. The summed E-state index contributed by atoms with van der Waals surface area (Å²) in [7, 11) is 0. The van der Waals surface area contributed by atoms with Gasteiger partial charge in [-0.25, -0.2) is 4.39 Å². The second-order valence-corrected chi connectivity index (χ2v) is 7.03. The Bertz CT molecular complexity index is 470. The highest BCUT2D eigenvalue weighted by Gasteiger charge is 2.21. The number of hydrogen-bond acceptors (Lipinski definition) is 3. The number of hydrogen-bond donors (Lipinski definition) is 2. The molecular weight excluding hydrogens is 267 g/mol. The summed E-state index contributed by atoms with van der Waals surface area (Å²) in [5, 5.41) is 12.7. The molecule has 1 heterocycles. The minimum atomic E-state index is -0.165. The van der Waals surface area contributed by atoms with E-state index in [4.69, 9.17) is 0 Å². The zero-order valence-corrected chi connectivity index (χ0v) is 13.3. The van der Waals surface area contributed by atoms with Crippen molar-refractivity contribution >= 4 is 5.69 Å². The quantitative estimate of drug-likeness (QED) is 0.896. The zero-order valence-electron chi connectivity index (χ0n) is 13.3. The Kier molecular flexibility index (Phi) is 5.22. The van der Waals surface area contributed by atoms with Crippen LogP contribution in [0.3, 0.4) is 0 Å². The van der Waals surface area contributed by atoms with Crippen molar-refractivity contribution in [3.05, 3.63) is 29.6 Å². The summed E-state index contributed by atoms with van der Waals surface area (Å²) in [5.41, 5.74) is 1.64. The van der Waals surface area contributed by atoms with Crippen molar-refractivity contribution in [1.82, 2.24) is 5.32 Å². The van der Waals surface area contributed by atoms with Crippen LogP contribution in [0.4, 0.5) is 10.1 Å². The number of benzene rings is 1. The van der Waals surface area contributed by atoms with Gasteiger partial charge in [0.1, 0.15) is 5.82 Å². The van der Waals surface area contributed by atoms with Crippen LogP contribution in [0, 0.1) is 11.7 Å². The van der Waals surface area contributed by atoms with E-state index in [0.29, 0.717) is 12.2 Å². The molecule has 1 atom stereocenters. The molecule has 1 aromatic carbocycles. The van der Waals surface area contributed by atoms with Crippen molar-refractivity contribution in [2.24, 2.45) is 5.92 Å². The lowest BCUT2D eigenvalue weighted by Crippen LogP contribution is -2.37. The molecule has 1 aliphatic rings. The molecule has 0 spiro atoms. The monoisotopic (exact) mass is 294 g/mol. The number of anilines is 1. The summed E-state index contributed by atoms with van der Waals surface area (Å²) in [6, 6.07) is 5.48. The van der Waals surface area contributed by atoms with Gasteiger partial charge >= 0.3 is 0 Å². The largest absolute Gasteiger partial charge is 0.396 e. The van der Waals surface area contributed by atoms with Crippen LogP contribution in [0.1, 0.15) is 39.2 Å². The molecule has 118 valence electrons. The lowest BCUT2D eigenvalue weighted by molar-refractivity contribution is 0.208. The third kappa shape index (κ3) is 4.68. The van der Waals surface area contributed by atoms with E-state index in [-0.39, 0.29) is 23.9 Å². The molecule has 3 nitrogen and oxygen atoms in total. The first kappa shape index (κ1) is 16.2. The van der Waals surface area contributed by atoms with Gasteiger partial charge in [0.05, 0.1) is 5.69 Å². The van der Waals surface area contributed by atoms with E-state index in [9.17, 15) is 9.50 Å². The van der Waals surface area contributed by atoms with E-state index in [0.717, 1.165) is 31.5 Å². The van der Waals surface area contributed by atoms with Gasteiger partial charge in [0.25, 0.3) is 0 Å². The molecule has 21 heavy (non-hydrogen) atoms. The van der Waals surface area contributed by atoms with Crippen LogP contribution in [0.15, 0.2) is 18.2 Å². The standard InChI is InChI=1S/C17H27FN2O/c1-17(2,3)19-10-13-6-7-16(15(18)9-13)20-8-4-5-14(11-20)12-21/h6-7,9,14,19,21H,4-5,8,10-12H2,1-3H3. The summed E-state index contributed by atoms with van der Waals surface area (Å²) >= 11 is 0. The van der Waals surface area contributed by atoms with Crippen molar-refractivity contribution in [2.45, 2.75) is 45.7 Å². The Morgan fingerprint density at radius 3 is 2.76 bits per heavy atom. The highest BCUT2D eigenvalue weighted by Crippen LogP contribution is 2.26. The van der Waals surface area contributed by atoms with Crippen LogP contribution < -0.4 is 10.2 Å². The predicted molar refractivity (Wildman–Crippen MR) is 85.0 cm³/mol. The molecule has 0 saturated carbocycles. The Balaban J connectivity index is 2.05. The van der Waals surface area contributed by atoms with E-state index in [1.165, 1.54) is 0 Å². The number of aliphatic hydroxyl groups excluding tert-OH is 1. The topological polar surface area (TPSA) is 35.5 Å². The normalized spacial score (nSPS) is 19.9. The molecule has 1 fully saturated rings. The fourth-order valence-electron chi connectivity index (χ4n) is 2.72. The van der Waals surface area contributed by atoms with Crippen molar-refractivity contribution in [3.8, 4) is 0 Å². The number of nitrogens with one attached hydrogen (secondary N) is 1. The van der Waals surface area contributed by atoms with E-state index in [2.05, 4.69) is 31.0 Å². The summed E-state index contributed by atoms with van der Waals surface area (Å²) in [6.45, 7) is 8.76. The minimum absolute atomic E-state index is 0.0242.